The second kappa shape index (κ2) is 10.2. The monoisotopic (exact) mass is 475 g/mol. The Morgan fingerprint density at radius 3 is 2.71 bits per heavy atom. The molecule has 1 amide bonds. The second-order valence-corrected chi connectivity index (χ2v) is 8.18. The van der Waals surface area contributed by atoms with Crippen molar-refractivity contribution >= 4 is 40.5 Å². The molecule has 4 aromatic rings. The van der Waals surface area contributed by atoms with Crippen molar-refractivity contribution < 1.29 is 23.8 Å². The molecule has 10 heteroatoms. The minimum atomic E-state index is -0.871. The summed E-state index contributed by atoms with van der Waals surface area (Å²) >= 11 is 0. The highest BCUT2D eigenvalue weighted by Crippen LogP contribution is 2.31. The van der Waals surface area contributed by atoms with Crippen LogP contribution in [-0.2, 0) is 16.0 Å². The lowest BCUT2D eigenvalue weighted by atomic mass is 10.00. The molecule has 0 radical (unpaired) electrons. The van der Waals surface area contributed by atoms with Crippen LogP contribution in [-0.4, -0.2) is 39.0 Å². The summed E-state index contributed by atoms with van der Waals surface area (Å²) < 4.78 is 11.3. The van der Waals surface area contributed by atoms with Crippen LogP contribution >= 0.6 is 0 Å². The number of aryl methyl sites for hydroxylation is 1. The molecule has 1 unspecified atom stereocenters. The van der Waals surface area contributed by atoms with E-state index in [-0.39, 0.29) is 24.7 Å². The first kappa shape index (κ1) is 23.7. The fraction of sp³-hybridized carbons (Fsp3) is 0.240. The molecule has 0 fully saturated rings. The Hall–Kier alpha value is -4.47. The number of rotatable bonds is 9. The predicted molar refractivity (Wildman–Crippen MR) is 130 cm³/mol. The van der Waals surface area contributed by atoms with E-state index in [0.717, 1.165) is 16.8 Å². The Balaban J connectivity index is 1.47. The molecule has 1 aromatic carbocycles. The number of benzene rings is 1. The van der Waals surface area contributed by atoms with Gasteiger partial charge in [0.05, 0.1) is 20.0 Å². The van der Waals surface area contributed by atoms with E-state index in [1.165, 1.54) is 7.11 Å². The highest BCUT2D eigenvalue weighted by Gasteiger charge is 2.16. The molecule has 35 heavy (non-hydrogen) atoms. The zero-order chi connectivity index (χ0) is 24.9. The van der Waals surface area contributed by atoms with Crippen molar-refractivity contribution in [2.24, 2.45) is 0 Å². The average molecular weight is 476 g/mol. The van der Waals surface area contributed by atoms with Gasteiger partial charge in [0.15, 0.2) is 11.1 Å². The summed E-state index contributed by atoms with van der Waals surface area (Å²) in [5.74, 6) is -0.440. The summed E-state index contributed by atoms with van der Waals surface area (Å²) in [6.07, 6.45) is 5.07. The van der Waals surface area contributed by atoms with E-state index in [1.807, 2.05) is 19.9 Å². The molecule has 0 aliphatic carbocycles. The Labute approximate surface area is 201 Å². The topological polar surface area (TPSA) is 139 Å². The summed E-state index contributed by atoms with van der Waals surface area (Å²) in [6.45, 7) is 3.74. The van der Waals surface area contributed by atoms with Crippen LogP contribution < -0.4 is 15.4 Å². The number of anilines is 3. The minimum Gasteiger partial charge on any atom is -0.494 e. The number of nitrogens with one attached hydrogen (secondary N) is 2. The number of aromatic nitrogens is 3. The number of carbonyl (C=O) groups is 2. The number of ether oxygens (including phenoxy) is 1. The van der Waals surface area contributed by atoms with E-state index < -0.39 is 5.97 Å². The van der Waals surface area contributed by atoms with Gasteiger partial charge in [0.25, 0.3) is 6.01 Å². The predicted octanol–water partition coefficient (Wildman–Crippen LogP) is 4.44. The molecule has 0 bridgehead atoms. The zero-order valence-electron chi connectivity index (χ0n) is 19.5. The molecule has 0 aliphatic heterocycles. The van der Waals surface area contributed by atoms with Gasteiger partial charge in [-0.1, -0.05) is 13.0 Å². The van der Waals surface area contributed by atoms with Crippen molar-refractivity contribution in [2.75, 3.05) is 17.7 Å². The number of methoxy groups -OCH3 is 1. The third-order valence-electron chi connectivity index (χ3n) is 5.47. The van der Waals surface area contributed by atoms with Crippen LogP contribution in [0.5, 0.6) is 5.75 Å². The van der Waals surface area contributed by atoms with Gasteiger partial charge in [-0.2, -0.15) is 4.98 Å². The maximum Gasteiger partial charge on any atom is 0.303 e. The van der Waals surface area contributed by atoms with E-state index in [9.17, 15) is 9.59 Å². The van der Waals surface area contributed by atoms with Gasteiger partial charge in [0, 0.05) is 24.3 Å². The maximum atomic E-state index is 12.6. The summed E-state index contributed by atoms with van der Waals surface area (Å²) in [5.41, 5.74) is 4.26. The molecule has 3 N–H and O–H groups in total. The van der Waals surface area contributed by atoms with Crippen molar-refractivity contribution in [1.29, 1.82) is 0 Å². The lowest BCUT2D eigenvalue weighted by Gasteiger charge is -2.10. The number of carbonyl (C=O) groups excluding carboxylic acids is 1. The van der Waals surface area contributed by atoms with Gasteiger partial charge in [-0.15, -0.1) is 0 Å². The van der Waals surface area contributed by atoms with E-state index in [0.29, 0.717) is 34.2 Å². The first-order valence-electron chi connectivity index (χ1n) is 10.9. The number of hydrogen-bond acceptors (Lipinski definition) is 8. The van der Waals surface area contributed by atoms with Crippen LogP contribution in [0, 0.1) is 6.92 Å². The van der Waals surface area contributed by atoms with Crippen LogP contribution in [0.3, 0.4) is 0 Å². The van der Waals surface area contributed by atoms with E-state index in [1.54, 1.807) is 42.9 Å². The van der Waals surface area contributed by atoms with Crippen LogP contribution in [0.25, 0.3) is 11.1 Å². The lowest BCUT2D eigenvalue weighted by Crippen LogP contribution is -2.15. The van der Waals surface area contributed by atoms with Gasteiger partial charge in [0.2, 0.25) is 5.91 Å². The summed E-state index contributed by atoms with van der Waals surface area (Å²) in [5, 5.41) is 14.8. The molecule has 10 nitrogen and oxygen atoms in total. The van der Waals surface area contributed by atoms with Crippen LogP contribution in [0.2, 0.25) is 0 Å². The van der Waals surface area contributed by atoms with Gasteiger partial charge in [-0.25, -0.2) is 4.98 Å². The molecule has 0 aliphatic rings. The van der Waals surface area contributed by atoms with Gasteiger partial charge in [-0.05, 0) is 53.8 Å². The molecular formula is C25H25N5O5. The zero-order valence-corrected chi connectivity index (χ0v) is 19.5. The van der Waals surface area contributed by atoms with E-state index >= 15 is 0 Å². The minimum absolute atomic E-state index is 0.0126. The Kier molecular flexibility index (Phi) is 6.91. The molecule has 3 heterocycles. The highest BCUT2D eigenvalue weighted by atomic mass is 16.5. The number of amides is 1. The largest absolute Gasteiger partial charge is 0.494 e. The summed E-state index contributed by atoms with van der Waals surface area (Å²) in [6, 6.07) is 9.04. The van der Waals surface area contributed by atoms with E-state index in [4.69, 9.17) is 14.3 Å². The van der Waals surface area contributed by atoms with Crippen molar-refractivity contribution in [3.63, 3.8) is 0 Å². The number of carboxylic acids is 1. The van der Waals surface area contributed by atoms with Gasteiger partial charge in [0.1, 0.15) is 11.6 Å². The van der Waals surface area contributed by atoms with Crippen LogP contribution in [0.1, 0.15) is 36.0 Å². The third-order valence-corrected chi connectivity index (χ3v) is 5.47. The normalized spacial score (nSPS) is 11.7. The molecule has 4 rings (SSSR count). The SMILES string of the molecule is COc1cc(CC(=O)Nc2ccc(C(C)CC(=O)O)cn2)cc2oc(Nc3ccncc3C)nc12. The summed E-state index contributed by atoms with van der Waals surface area (Å²) in [4.78, 5) is 36.3. The third kappa shape index (κ3) is 5.72. The van der Waals surface area contributed by atoms with Gasteiger partial charge < -0.3 is 24.9 Å². The van der Waals surface area contributed by atoms with Crippen LogP contribution in [0.4, 0.5) is 17.5 Å². The molecule has 3 aromatic heterocycles. The highest BCUT2D eigenvalue weighted by molar-refractivity contribution is 5.92. The molecule has 0 saturated carbocycles. The molecule has 180 valence electrons. The van der Waals surface area contributed by atoms with Crippen molar-refractivity contribution in [1.82, 2.24) is 15.0 Å². The standard InChI is InChI=1S/C25H25N5O5/c1-14(8-23(32)33)17-4-5-21(27-13-17)29-22(31)11-16-9-19(34-3)24-20(10-16)35-25(30-24)28-18-6-7-26-12-15(18)2/h4-7,9-10,12-14H,8,11H2,1-3H3,(H,32,33)(H,26,28,30)(H,27,29,31). The molecule has 0 saturated heterocycles. The van der Waals surface area contributed by atoms with Gasteiger partial charge in [-0.3, -0.25) is 14.6 Å². The smallest absolute Gasteiger partial charge is 0.303 e. The second-order valence-electron chi connectivity index (χ2n) is 8.18. The summed E-state index contributed by atoms with van der Waals surface area (Å²) in [7, 11) is 1.53. The number of fused-ring (bicyclic) bond motifs is 1. The number of hydrogen-bond donors (Lipinski definition) is 3. The van der Waals surface area contributed by atoms with Crippen LogP contribution in [0.15, 0.2) is 53.3 Å². The van der Waals surface area contributed by atoms with Crippen molar-refractivity contribution in [2.45, 2.75) is 32.6 Å². The Morgan fingerprint density at radius 1 is 1.20 bits per heavy atom. The number of pyridine rings is 2. The van der Waals surface area contributed by atoms with Gasteiger partial charge >= 0.3 is 5.97 Å². The Bertz CT molecular complexity index is 1370. The first-order chi connectivity index (χ1) is 16.8. The average Bonchev–Trinajstić information content (AvgIpc) is 3.22. The van der Waals surface area contributed by atoms with E-state index in [2.05, 4.69) is 25.6 Å². The Morgan fingerprint density at radius 2 is 2.03 bits per heavy atom. The number of oxazole rings is 1. The molecular weight excluding hydrogens is 450 g/mol. The number of carboxylic acid groups (broad SMARTS) is 1. The van der Waals surface area contributed by atoms with Crippen molar-refractivity contribution in [3.05, 3.63) is 65.6 Å². The fourth-order valence-electron chi connectivity index (χ4n) is 3.62. The first-order valence-corrected chi connectivity index (χ1v) is 10.9. The fourth-order valence-corrected chi connectivity index (χ4v) is 3.62. The molecule has 0 spiro atoms. The molecule has 1 atom stereocenters. The number of nitrogens with zero attached hydrogens (tertiary/aromatic N) is 3. The maximum absolute atomic E-state index is 12.6. The number of aliphatic carboxylic acids is 1. The van der Waals surface area contributed by atoms with Crippen molar-refractivity contribution in [3.8, 4) is 5.75 Å². The lowest BCUT2D eigenvalue weighted by molar-refractivity contribution is -0.137. The quantitative estimate of drug-likeness (QED) is 0.320.